The highest BCUT2D eigenvalue weighted by Crippen LogP contribution is 2.35. The van der Waals surface area contributed by atoms with Crippen LogP contribution < -0.4 is 20.1 Å². The van der Waals surface area contributed by atoms with E-state index >= 15 is 0 Å². The summed E-state index contributed by atoms with van der Waals surface area (Å²) in [6.45, 7) is 6.06. The van der Waals surface area contributed by atoms with Gasteiger partial charge < -0.3 is 25.0 Å². The summed E-state index contributed by atoms with van der Waals surface area (Å²) in [5.41, 5.74) is 3.98. The second-order valence-electron chi connectivity index (χ2n) is 8.18. The normalized spacial score (nSPS) is 15.0. The maximum Gasteiger partial charge on any atom is 0.253 e. The molecule has 1 aliphatic rings. The molecule has 2 aromatic rings. The van der Waals surface area contributed by atoms with Crippen molar-refractivity contribution in [3.05, 3.63) is 58.7 Å². The van der Waals surface area contributed by atoms with Crippen LogP contribution in [0.5, 0.6) is 11.5 Å². The summed E-state index contributed by atoms with van der Waals surface area (Å²) in [7, 11) is 5.21. The lowest BCUT2D eigenvalue weighted by atomic mass is 10.1. The summed E-state index contributed by atoms with van der Waals surface area (Å²) in [6, 6.07) is 11.9. The fourth-order valence-corrected chi connectivity index (χ4v) is 3.74. The minimum atomic E-state index is 0.0105. The summed E-state index contributed by atoms with van der Waals surface area (Å²) in [4.78, 5) is 18.5. The van der Waals surface area contributed by atoms with E-state index in [0.29, 0.717) is 18.7 Å². The minimum absolute atomic E-state index is 0.0105. The highest BCUT2D eigenvalue weighted by atomic mass is 16.5. The second kappa shape index (κ2) is 10.9. The number of nitrogens with zero attached hydrogens (tertiary/aromatic N) is 2. The molecule has 3 rings (SSSR count). The van der Waals surface area contributed by atoms with Crippen molar-refractivity contribution in [3.63, 3.8) is 0 Å². The van der Waals surface area contributed by atoms with E-state index in [1.165, 1.54) is 5.56 Å². The molecular weight excluding hydrogens is 404 g/mol. The van der Waals surface area contributed by atoms with Gasteiger partial charge in [-0.25, -0.2) is 4.99 Å². The van der Waals surface area contributed by atoms with Crippen LogP contribution in [-0.4, -0.2) is 57.2 Å². The number of carbonyl (C=O) groups is 1. The number of aliphatic imine (C=N–C) groups is 1. The van der Waals surface area contributed by atoms with Crippen LogP contribution in [0.4, 0.5) is 0 Å². The van der Waals surface area contributed by atoms with Gasteiger partial charge in [0, 0.05) is 50.3 Å². The summed E-state index contributed by atoms with van der Waals surface area (Å²) in [6.07, 6.45) is 1.88. The molecule has 7 heteroatoms. The predicted octanol–water partition coefficient (Wildman–Crippen LogP) is 3.02. The Morgan fingerprint density at radius 1 is 1.25 bits per heavy atom. The zero-order chi connectivity index (χ0) is 23.1. The molecule has 1 amide bonds. The fraction of sp³-hybridized carbons (Fsp3) is 0.440. The van der Waals surface area contributed by atoms with Crippen molar-refractivity contribution in [2.24, 2.45) is 4.99 Å². The van der Waals surface area contributed by atoms with Crippen molar-refractivity contribution in [1.82, 2.24) is 15.5 Å². The maximum absolute atomic E-state index is 12.2. The highest BCUT2D eigenvalue weighted by Gasteiger charge is 2.21. The Bertz CT molecular complexity index is 972. The molecule has 0 bridgehead atoms. The van der Waals surface area contributed by atoms with Gasteiger partial charge in [0.05, 0.1) is 13.7 Å². The number of methoxy groups -OCH3 is 1. The number of hydrogen-bond acceptors (Lipinski definition) is 4. The Labute approximate surface area is 190 Å². The molecule has 1 unspecified atom stereocenters. The van der Waals surface area contributed by atoms with Crippen LogP contribution in [0, 0.1) is 0 Å². The SMILES string of the molecule is CCNC(=NCc1cc2c(cc1OC)CC(C)O2)NCCc1cccc(C(=O)N(C)C)c1. The van der Waals surface area contributed by atoms with E-state index in [4.69, 9.17) is 14.5 Å². The number of fused-ring (bicyclic) bond motifs is 1. The molecule has 0 radical (unpaired) electrons. The summed E-state index contributed by atoms with van der Waals surface area (Å²) in [5, 5.41) is 6.67. The fourth-order valence-electron chi connectivity index (χ4n) is 3.74. The largest absolute Gasteiger partial charge is 0.496 e. The highest BCUT2D eigenvalue weighted by molar-refractivity contribution is 5.94. The first-order chi connectivity index (χ1) is 15.4. The maximum atomic E-state index is 12.2. The monoisotopic (exact) mass is 438 g/mol. The smallest absolute Gasteiger partial charge is 0.253 e. The van der Waals surface area contributed by atoms with Crippen LogP contribution in [-0.2, 0) is 19.4 Å². The van der Waals surface area contributed by atoms with Gasteiger partial charge in [-0.1, -0.05) is 12.1 Å². The van der Waals surface area contributed by atoms with Crippen LogP contribution >= 0.6 is 0 Å². The first kappa shape index (κ1) is 23.4. The third-order valence-electron chi connectivity index (χ3n) is 5.34. The van der Waals surface area contributed by atoms with Crippen molar-refractivity contribution in [1.29, 1.82) is 0 Å². The molecule has 0 spiro atoms. The van der Waals surface area contributed by atoms with Gasteiger partial charge in [0.1, 0.15) is 17.6 Å². The zero-order valence-corrected chi connectivity index (χ0v) is 19.7. The second-order valence-corrected chi connectivity index (χ2v) is 8.18. The molecule has 172 valence electrons. The van der Waals surface area contributed by atoms with Crippen LogP contribution in [0.2, 0.25) is 0 Å². The van der Waals surface area contributed by atoms with Crippen molar-refractivity contribution < 1.29 is 14.3 Å². The average molecular weight is 439 g/mol. The first-order valence-corrected chi connectivity index (χ1v) is 11.1. The van der Waals surface area contributed by atoms with Gasteiger partial charge in [-0.15, -0.1) is 0 Å². The van der Waals surface area contributed by atoms with Crippen molar-refractivity contribution in [2.75, 3.05) is 34.3 Å². The number of ether oxygens (including phenoxy) is 2. The Balaban J connectivity index is 1.63. The van der Waals surface area contributed by atoms with Crippen molar-refractivity contribution in [3.8, 4) is 11.5 Å². The molecule has 0 saturated carbocycles. The Hall–Kier alpha value is -3.22. The van der Waals surface area contributed by atoms with Crippen molar-refractivity contribution in [2.45, 2.75) is 39.3 Å². The number of carbonyl (C=O) groups excluding carboxylic acids is 1. The van der Waals surface area contributed by atoms with Crippen LogP contribution in [0.1, 0.15) is 40.9 Å². The Kier molecular flexibility index (Phi) is 7.98. The summed E-state index contributed by atoms with van der Waals surface area (Å²) < 4.78 is 11.5. The molecule has 2 aromatic carbocycles. The number of nitrogens with one attached hydrogen (secondary N) is 2. The number of guanidine groups is 1. The van der Waals surface area contributed by atoms with E-state index in [-0.39, 0.29) is 12.0 Å². The minimum Gasteiger partial charge on any atom is -0.496 e. The van der Waals surface area contributed by atoms with Gasteiger partial charge in [-0.05, 0) is 50.1 Å². The average Bonchev–Trinajstić information content (AvgIpc) is 3.15. The third kappa shape index (κ3) is 5.93. The van der Waals surface area contributed by atoms with Gasteiger partial charge in [0.15, 0.2) is 5.96 Å². The van der Waals surface area contributed by atoms with E-state index in [1.54, 1.807) is 26.1 Å². The van der Waals surface area contributed by atoms with E-state index in [9.17, 15) is 4.79 Å². The Morgan fingerprint density at radius 3 is 2.78 bits per heavy atom. The Morgan fingerprint density at radius 2 is 2.06 bits per heavy atom. The quantitative estimate of drug-likeness (QED) is 0.490. The topological polar surface area (TPSA) is 75.2 Å². The predicted molar refractivity (Wildman–Crippen MR) is 128 cm³/mol. The van der Waals surface area contributed by atoms with Gasteiger partial charge in [0.2, 0.25) is 0 Å². The van der Waals surface area contributed by atoms with Crippen LogP contribution in [0.25, 0.3) is 0 Å². The number of rotatable bonds is 8. The van der Waals surface area contributed by atoms with Gasteiger partial charge in [0.25, 0.3) is 5.91 Å². The molecule has 2 N–H and O–H groups in total. The first-order valence-electron chi connectivity index (χ1n) is 11.1. The molecule has 1 atom stereocenters. The van der Waals surface area contributed by atoms with Gasteiger partial charge in [-0.2, -0.15) is 0 Å². The molecule has 7 nitrogen and oxygen atoms in total. The lowest BCUT2D eigenvalue weighted by Gasteiger charge is -2.14. The summed E-state index contributed by atoms with van der Waals surface area (Å²) in [5.74, 6) is 2.51. The van der Waals surface area contributed by atoms with E-state index in [0.717, 1.165) is 48.0 Å². The van der Waals surface area contributed by atoms with Gasteiger partial charge in [-0.3, -0.25) is 4.79 Å². The van der Waals surface area contributed by atoms with Gasteiger partial charge >= 0.3 is 0 Å². The van der Waals surface area contributed by atoms with E-state index in [1.807, 2.05) is 37.3 Å². The number of benzene rings is 2. The van der Waals surface area contributed by atoms with Crippen LogP contribution in [0.3, 0.4) is 0 Å². The third-order valence-corrected chi connectivity index (χ3v) is 5.34. The molecule has 0 aromatic heterocycles. The summed E-state index contributed by atoms with van der Waals surface area (Å²) >= 11 is 0. The van der Waals surface area contributed by atoms with Crippen LogP contribution in [0.15, 0.2) is 41.4 Å². The van der Waals surface area contributed by atoms with Crippen molar-refractivity contribution >= 4 is 11.9 Å². The molecule has 1 aliphatic heterocycles. The zero-order valence-electron chi connectivity index (χ0n) is 19.7. The lowest BCUT2D eigenvalue weighted by Crippen LogP contribution is -2.38. The standard InChI is InChI=1S/C25H34N4O3/c1-6-26-25(27-11-10-18-8-7-9-19(13-18)24(30)29(3)4)28-16-21-15-23-20(12-17(2)32-23)14-22(21)31-5/h7-9,13-15,17H,6,10-12,16H2,1-5H3,(H2,26,27,28). The molecule has 0 saturated heterocycles. The number of hydrogen-bond donors (Lipinski definition) is 2. The molecular formula is C25H34N4O3. The molecule has 0 aliphatic carbocycles. The molecule has 32 heavy (non-hydrogen) atoms. The lowest BCUT2D eigenvalue weighted by molar-refractivity contribution is 0.0827. The van der Waals surface area contributed by atoms with E-state index in [2.05, 4.69) is 23.6 Å². The number of amides is 1. The molecule has 0 fully saturated rings. The van der Waals surface area contributed by atoms with E-state index < -0.39 is 0 Å². The molecule has 1 heterocycles.